The van der Waals surface area contributed by atoms with Crippen LogP contribution in [-0.2, 0) is 14.3 Å². The van der Waals surface area contributed by atoms with E-state index in [0.29, 0.717) is 6.42 Å². The Kier molecular flexibility index (Phi) is 7.38. The first kappa shape index (κ1) is 13.4. The van der Waals surface area contributed by atoms with Crippen LogP contribution in [-0.4, -0.2) is 23.7 Å². The molecule has 0 aromatic carbocycles. The van der Waals surface area contributed by atoms with Crippen LogP contribution in [0.1, 0.15) is 26.7 Å². The van der Waals surface area contributed by atoms with Gasteiger partial charge in [-0.2, -0.15) is 0 Å². The van der Waals surface area contributed by atoms with E-state index in [4.69, 9.17) is 4.74 Å². The van der Waals surface area contributed by atoms with E-state index in [1.54, 1.807) is 13.0 Å². The Labute approximate surface area is 92.6 Å². The number of rotatable bonds is 6. The van der Waals surface area contributed by atoms with E-state index in [9.17, 15) is 9.59 Å². The summed E-state index contributed by atoms with van der Waals surface area (Å²) in [6, 6.07) is 0. The van der Waals surface area contributed by atoms with Crippen molar-refractivity contribution in [3.8, 4) is 0 Å². The van der Waals surface area contributed by atoms with Crippen molar-refractivity contribution in [2.45, 2.75) is 26.7 Å². The molecule has 80 valence electrons. The van der Waals surface area contributed by atoms with E-state index in [1.807, 2.05) is 6.92 Å². The molecule has 3 nitrogen and oxygen atoms in total. The molecule has 0 atom stereocenters. The zero-order chi connectivity index (χ0) is 11.0. The van der Waals surface area contributed by atoms with Crippen molar-refractivity contribution >= 4 is 27.7 Å². The lowest BCUT2D eigenvalue weighted by Gasteiger charge is -2.03. The van der Waals surface area contributed by atoms with Crippen molar-refractivity contribution in [3.63, 3.8) is 0 Å². The number of halogens is 1. The van der Waals surface area contributed by atoms with Crippen LogP contribution in [0.5, 0.6) is 0 Å². The summed E-state index contributed by atoms with van der Waals surface area (Å²) in [5.74, 6) is -0.748. The van der Waals surface area contributed by atoms with Crippen molar-refractivity contribution in [3.05, 3.63) is 11.6 Å². The minimum Gasteiger partial charge on any atom is -0.462 e. The molecule has 0 saturated heterocycles. The molecule has 0 aromatic rings. The number of unbranched alkanes of at least 4 members (excludes halogenated alkanes) is 1. The minimum atomic E-state index is -0.523. The molecule has 0 aliphatic carbocycles. The highest BCUT2D eigenvalue weighted by Crippen LogP contribution is 2.05. The molecule has 0 aliphatic heterocycles. The van der Waals surface area contributed by atoms with Crippen molar-refractivity contribution in [1.82, 2.24) is 0 Å². The fraction of sp³-hybridized carbons (Fsp3) is 0.600. The van der Waals surface area contributed by atoms with Gasteiger partial charge in [0.1, 0.15) is 0 Å². The van der Waals surface area contributed by atoms with Gasteiger partial charge in [-0.25, -0.2) is 4.79 Å². The third kappa shape index (κ3) is 4.56. The Bertz CT molecular complexity index is 234. The van der Waals surface area contributed by atoms with Gasteiger partial charge in [0.05, 0.1) is 17.5 Å². The molecular formula is C10H15BrO3. The highest BCUT2D eigenvalue weighted by molar-refractivity contribution is 9.09. The van der Waals surface area contributed by atoms with Gasteiger partial charge >= 0.3 is 5.97 Å². The predicted molar refractivity (Wildman–Crippen MR) is 58.4 cm³/mol. The van der Waals surface area contributed by atoms with Crippen LogP contribution in [0.3, 0.4) is 0 Å². The Morgan fingerprint density at radius 1 is 1.36 bits per heavy atom. The molecule has 0 radical (unpaired) electrons. The Balaban J connectivity index is 4.54. The number of ether oxygens (including phenoxy) is 1. The number of ketones is 1. The number of alkyl halides is 1. The van der Waals surface area contributed by atoms with Gasteiger partial charge in [0, 0.05) is 0 Å². The van der Waals surface area contributed by atoms with Crippen LogP contribution < -0.4 is 0 Å². The van der Waals surface area contributed by atoms with Crippen LogP contribution in [0.2, 0.25) is 0 Å². The maximum Gasteiger partial charge on any atom is 0.341 e. The maximum absolute atomic E-state index is 11.3. The minimum absolute atomic E-state index is 0.154. The average Bonchev–Trinajstić information content (AvgIpc) is 2.18. The molecule has 0 aromatic heterocycles. The Morgan fingerprint density at radius 2 is 2.00 bits per heavy atom. The second kappa shape index (κ2) is 7.74. The number of allylic oxidation sites excluding steroid dienone is 1. The molecule has 0 rings (SSSR count). The highest BCUT2D eigenvalue weighted by Gasteiger charge is 2.17. The fourth-order valence-corrected chi connectivity index (χ4v) is 1.18. The molecule has 0 heterocycles. The molecule has 0 N–H and O–H groups in total. The first-order valence-electron chi connectivity index (χ1n) is 4.63. The third-order valence-corrected chi connectivity index (χ3v) is 2.06. The van der Waals surface area contributed by atoms with Crippen LogP contribution >= 0.6 is 15.9 Å². The summed E-state index contributed by atoms with van der Waals surface area (Å²) in [7, 11) is 0. The van der Waals surface area contributed by atoms with Crippen molar-refractivity contribution in [2.75, 3.05) is 11.9 Å². The lowest BCUT2D eigenvalue weighted by molar-refractivity contribution is -0.139. The van der Waals surface area contributed by atoms with Crippen molar-refractivity contribution in [2.24, 2.45) is 0 Å². The standard InChI is InChI=1S/C10H15BrO3/c1-3-5-6-8(9(12)7-11)10(13)14-4-2/h6H,3-5,7H2,1-2H3. The number of esters is 1. The molecule has 4 heteroatoms. The topological polar surface area (TPSA) is 43.4 Å². The molecule has 0 amide bonds. The summed E-state index contributed by atoms with van der Waals surface area (Å²) in [6.45, 7) is 3.99. The molecule has 0 bridgehead atoms. The number of carbonyl (C=O) groups excluding carboxylic acids is 2. The van der Waals surface area contributed by atoms with E-state index in [0.717, 1.165) is 6.42 Å². The number of carbonyl (C=O) groups is 2. The molecule has 0 aliphatic rings. The highest BCUT2D eigenvalue weighted by atomic mass is 79.9. The molecule has 14 heavy (non-hydrogen) atoms. The lowest BCUT2D eigenvalue weighted by Crippen LogP contribution is -2.16. The molecule has 0 spiro atoms. The lowest BCUT2D eigenvalue weighted by atomic mass is 10.1. The van der Waals surface area contributed by atoms with E-state index in [1.165, 1.54) is 0 Å². The summed E-state index contributed by atoms with van der Waals surface area (Å²) in [5.41, 5.74) is 0.158. The molecule has 0 fully saturated rings. The second-order valence-electron chi connectivity index (χ2n) is 2.68. The monoisotopic (exact) mass is 262 g/mol. The summed E-state index contributed by atoms with van der Waals surface area (Å²) in [5, 5.41) is 0.154. The maximum atomic E-state index is 11.3. The largest absolute Gasteiger partial charge is 0.462 e. The van der Waals surface area contributed by atoms with E-state index >= 15 is 0 Å². The summed E-state index contributed by atoms with van der Waals surface area (Å²) >= 11 is 3.03. The number of Topliss-reactive ketones (excluding diaryl/α,β-unsaturated/α-hetero) is 1. The van der Waals surface area contributed by atoms with Crippen molar-refractivity contribution < 1.29 is 14.3 Å². The Morgan fingerprint density at radius 3 is 2.43 bits per heavy atom. The van der Waals surface area contributed by atoms with Gasteiger partial charge in [-0.15, -0.1) is 0 Å². The SMILES string of the molecule is CCCC=C(C(=O)CBr)C(=O)OCC. The quantitative estimate of drug-likeness (QED) is 0.243. The van der Waals surface area contributed by atoms with Gasteiger partial charge in [0.25, 0.3) is 0 Å². The zero-order valence-corrected chi connectivity index (χ0v) is 10.1. The van der Waals surface area contributed by atoms with Gasteiger partial charge in [0.2, 0.25) is 0 Å². The normalized spacial score (nSPS) is 11.2. The van der Waals surface area contributed by atoms with Crippen LogP contribution in [0, 0.1) is 0 Å². The second-order valence-corrected chi connectivity index (χ2v) is 3.24. The first-order valence-corrected chi connectivity index (χ1v) is 5.75. The average molecular weight is 263 g/mol. The molecular weight excluding hydrogens is 248 g/mol. The van der Waals surface area contributed by atoms with Crippen LogP contribution in [0.15, 0.2) is 11.6 Å². The van der Waals surface area contributed by atoms with Crippen molar-refractivity contribution in [1.29, 1.82) is 0 Å². The Hall–Kier alpha value is -0.640. The van der Waals surface area contributed by atoms with E-state index in [2.05, 4.69) is 15.9 Å². The van der Waals surface area contributed by atoms with Gasteiger partial charge in [-0.05, 0) is 13.3 Å². The third-order valence-electron chi connectivity index (χ3n) is 1.55. The van der Waals surface area contributed by atoms with Gasteiger partial charge in [0.15, 0.2) is 5.78 Å². The number of hydrogen-bond donors (Lipinski definition) is 0. The predicted octanol–water partition coefficient (Wildman–Crippen LogP) is 2.24. The van der Waals surface area contributed by atoms with Gasteiger partial charge in [-0.1, -0.05) is 35.4 Å². The smallest absolute Gasteiger partial charge is 0.341 e. The molecule has 0 saturated carbocycles. The van der Waals surface area contributed by atoms with Crippen LogP contribution in [0.4, 0.5) is 0 Å². The summed E-state index contributed by atoms with van der Waals surface area (Å²) in [6.07, 6.45) is 3.26. The number of hydrogen-bond acceptors (Lipinski definition) is 3. The van der Waals surface area contributed by atoms with E-state index in [-0.39, 0.29) is 23.3 Å². The fourth-order valence-electron chi connectivity index (χ4n) is 0.881. The molecule has 0 unspecified atom stereocenters. The first-order chi connectivity index (χ1) is 6.67. The van der Waals surface area contributed by atoms with E-state index < -0.39 is 5.97 Å². The van der Waals surface area contributed by atoms with Crippen LogP contribution in [0.25, 0.3) is 0 Å². The zero-order valence-electron chi connectivity index (χ0n) is 8.51. The van der Waals surface area contributed by atoms with Gasteiger partial charge < -0.3 is 4.74 Å². The summed E-state index contributed by atoms with van der Waals surface area (Å²) < 4.78 is 4.78. The summed E-state index contributed by atoms with van der Waals surface area (Å²) in [4.78, 5) is 22.6. The van der Waals surface area contributed by atoms with Gasteiger partial charge in [-0.3, -0.25) is 4.79 Å².